The molecule has 0 aliphatic carbocycles. The van der Waals surface area contributed by atoms with Crippen LogP contribution >= 0.6 is 15.9 Å². The van der Waals surface area contributed by atoms with E-state index in [1.54, 1.807) is 18.2 Å². The van der Waals surface area contributed by atoms with Crippen LogP contribution in [0.1, 0.15) is 21.5 Å². The first kappa shape index (κ1) is 13.3. The topological polar surface area (TPSA) is 46.5 Å². The number of carbonyl (C=O) groups is 1. The fraction of sp³-hybridized carbons (Fsp3) is 0.188. The molecule has 20 heavy (non-hydrogen) atoms. The maximum atomic E-state index is 11.1. The highest BCUT2D eigenvalue weighted by molar-refractivity contribution is 9.10. The molecular formula is C16H13BrO3. The van der Waals surface area contributed by atoms with Crippen molar-refractivity contribution in [2.75, 3.05) is 13.2 Å². The Morgan fingerprint density at radius 1 is 1.10 bits per heavy atom. The van der Waals surface area contributed by atoms with Crippen molar-refractivity contribution in [3.63, 3.8) is 0 Å². The molecule has 0 saturated carbocycles. The average Bonchev–Trinajstić information content (AvgIpc) is 2.40. The molecule has 2 aromatic rings. The van der Waals surface area contributed by atoms with Gasteiger partial charge in [-0.25, -0.2) is 4.79 Å². The smallest absolute Gasteiger partial charge is 0.335 e. The molecule has 1 aliphatic rings. The highest BCUT2D eigenvalue weighted by atomic mass is 79.9. The van der Waals surface area contributed by atoms with E-state index < -0.39 is 5.97 Å². The lowest BCUT2D eigenvalue weighted by Gasteiger charge is -2.42. The largest absolute Gasteiger partial charge is 0.478 e. The fourth-order valence-corrected chi connectivity index (χ4v) is 2.79. The van der Waals surface area contributed by atoms with Gasteiger partial charge in [-0.15, -0.1) is 0 Å². The maximum absolute atomic E-state index is 11.1. The first-order valence-corrected chi connectivity index (χ1v) is 7.09. The summed E-state index contributed by atoms with van der Waals surface area (Å²) in [5.74, 6) is -0.905. The number of carboxylic acid groups (broad SMARTS) is 1. The third-order valence-electron chi connectivity index (χ3n) is 3.76. The molecular weight excluding hydrogens is 320 g/mol. The van der Waals surface area contributed by atoms with Crippen molar-refractivity contribution >= 4 is 21.9 Å². The molecule has 1 heterocycles. The molecule has 2 aromatic carbocycles. The molecule has 3 nitrogen and oxygen atoms in total. The molecule has 3 rings (SSSR count). The molecule has 1 aliphatic heterocycles. The molecule has 1 fully saturated rings. The van der Waals surface area contributed by atoms with Crippen LogP contribution in [0, 0.1) is 0 Å². The van der Waals surface area contributed by atoms with Crippen molar-refractivity contribution in [1.29, 1.82) is 0 Å². The number of ether oxygens (including phenoxy) is 1. The zero-order chi connectivity index (χ0) is 14.2. The quantitative estimate of drug-likeness (QED) is 0.936. The molecule has 0 amide bonds. The lowest BCUT2D eigenvalue weighted by Crippen LogP contribution is -2.47. The average molecular weight is 333 g/mol. The highest BCUT2D eigenvalue weighted by Crippen LogP contribution is 2.39. The van der Waals surface area contributed by atoms with Gasteiger partial charge in [0.2, 0.25) is 0 Å². The van der Waals surface area contributed by atoms with Gasteiger partial charge in [-0.3, -0.25) is 0 Å². The van der Waals surface area contributed by atoms with Crippen LogP contribution in [-0.4, -0.2) is 24.3 Å². The Balaban J connectivity index is 2.07. The third kappa shape index (κ3) is 2.15. The Bertz CT molecular complexity index is 645. The Morgan fingerprint density at radius 2 is 1.80 bits per heavy atom. The van der Waals surface area contributed by atoms with E-state index in [0.717, 1.165) is 15.6 Å². The summed E-state index contributed by atoms with van der Waals surface area (Å²) in [5.41, 5.74) is 2.22. The lowest BCUT2D eigenvalue weighted by molar-refractivity contribution is -0.0380. The van der Waals surface area contributed by atoms with Crippen LogP contribution in [0.25, 0.3) is 0 Å². The molecule has 0 atom stereocenters. The Morgan fingerprint density at radius 3 is 2.35 bits per heavy atom. The van der Waals surface area contributed by atoms with Gasteiger partial charge in [-0.2, -0.15) is 0 Å². The maximum Gasteiger partial charge on any atom is 0.335 e. The van der Waals surface area contributed by atoms with Gasteiger partial charge in [-0.1, -0.05) is 40.2 Å². The normalized spacial score (nSPS) is 16.4. The van der Waals surface area contributed by atoms with Crippen LogP contribution in [0.4, 0.5) is 0 Å². The number of hydrogen-bond acceptors (Lipinski definition) is 2. The van der Waals surface area contributed by atoms with Gasteiger partial charge in [0, 0.05) is 4.47 Å². The monoisotopic (exact) mass is 332 g/mol. The van der Waals surface area contributed by atoms with Crippen molar-refractivity contribution in [2.24, 2.45) is 0 Å². The molecule has 1 N–H and O–H groups in total. The Kier molecular flexibility index (Phi) is 3.36. The highest BCUT2D eigenvalue weighted by Gasteiger charge is 2.42. The van der Waals surface area contributed by atoms with Crippen LogP contribution in [0.2, 0.25) is 0 Å². The number of halogens is 1. The van der Waals surface area contributed by atoms with Crippen molar-refractivity contribution < 1.29 is 14.6 Å². The summed E-state index contributed by atoms with van der Waals surface area (Å²) >= 11 is 3.43. The Labute approximate surface area is 125 Å². The molecule has 1 saturated heterocycles. The van der Waals surface area contributed by atoms with Crippen molar-refractivity contribution in [3.05, 3.63) is 69.7 Å². The van der Waals surface area contributed by atoms with Gasteiger partial charge in [0.15, 0.2) is 0 Å². The van der Waals surface area contributed by atoms with Crippen LogP contribution < -0.4 is 0 Å². The van der Waals surface area contributed by atoms with Crippen molar-refractivity contribution in [2.45, 2.75) is 5.41 Å². The van der Waals surface area contributed by atoms with Crippen molar-refractivity contribution in [3.8, 4) is 0 Å². The molecule has 0 unspecified atom stereocenters. The van der Waals surface area contributed by atoms with E-state index in [-0.39, 0.29) is 5.41 Å². The van der Waals surface area contributed by atoms with Crippen LogP contribution in [0.15, 0.2) is 53.0 Å². The first-order chi connectivity index (χ1) is 9.62. The van der Waals surface area contributed by atoms with Gasteiger partial charge in [-0.05, 0) is 35.4 Å². The van der Waals surface area contributed by atoms with Crippen LogP contribution in [0.5, 0.6) is 0 Å². The summed E-state index contributed by atoms with van der Waals surface area (Å²) < 4.78 is 6.44. The fourth-order valence-electron chi connectivity index (χ4n) is 2.53. The van der Waals surface area contributed by atoms with Gasteiger partial charge in [0.25, 0.3) is 0 Å². The number of rotatable bonds is 3. The summed E-state index contributed by atoms with van der Waals surface area (Å²) in [7, 11) is 0. The zero-order valence-electron chi connectivity index (χ0n) is 10.7. The minimum absolute atomic E-state index is 0.230. The van der Waals surface area contributed by atoms with E-state index in [1.165, 1.54) is 0 Å². The second-order valence-electron chi connectivity index (χ2n) is 4.97. The second kappa shape index (κ2) is 5.04. The number of hydrogen-bond donors (Lipinski definition) is 1. The van der Waals surface area contributed by atoms with E-state index in [2.05, 4.69) is 28.1 Å². The summed E-state index contributed by atoms with van der Waals surface area (Å²) in [6.45, 7) is 1.16. The van der Waals surface area contributed by atoms with Gasteiger partial charge >= 0.3 is 5.97 Å². The summed E-state index contributed by atoms with van der Waals surface area (Å²) in [6.07, 6.45) is 0. The van der Waals surface area contributed by atoms with Gasteiger partial charge in [0.1, 0.15) is 0 Å². The zero-order valence-corrected chi connectivity index (χ0v) is 12.3. The number of aromatic carboxylic acids is 1. The first-order valence-electron chi connectivity index (χ1n) is 6.29. The summed E-state index contributed by atoms with van der Waals surface area (Å²) in [5, 5.41) is 9.14. The van der Waals surface area contributed by atoms with Gasteiger partial charge < -0.3 is 9.84 Å². The minimum Gasteiger partial charge on any atom is -0.478 e. The van der Waals surface area contributed by atoms with E-state index >= 15 is 0 Å². The Hall–Kier alpha value is -1.65. The summed E-state index contributed by atoms with van der Waals surface area (Å²) in [4.78, 5) is 11.1. The third-order valence-corrected chi connectivity index (χ3v) is 4.28. The molecule has 102 valence electrons. The predicted molar refractivity (Wildman–Crippen MR) is 79.1 cm³/mol. The van der Waals surface area contributed by atoms with E-state index in [0.29, 0.717) is 18.8 Å². The summed E-state index contributed by atoms with van der Waals surface area (Å²) in [6, 6.07) is 15.2. The number of benzene rings is 2. The second-order valence-corrected chi connectivity index (χ2v) is 5.88. The molecule has 0 spiro atoms. The van der Waals surface area contributed by atoms with E-state index in [1.807, 2.05) is 18.2 Å². The number of carboxylic acids is 1. The molecule has 0 bridgehead atoms. The van der Waals surface area contributed by atoms with Crippen LogP contribution in [0.3, 0.4) is 0 Å². The molecule has 4 heteroatoms. The SMILES string of the molecule is O=C(O)c1cccc(C2(c3ccc(Br)cc3)COC2)c1. The molecule has 0 radical (unpaired) electrons. The lowest BCUT2D eigenvalue weighted by atomic mass is 9.72. The molecule has 0 aromatic heterocycles. The van der Waals surface area contributed by atoms with Crippen LogP contribution in [-0.2, 0) is 10.2 Å². The van der Waals surface area contributed by atoms with Crippen molar-refractivity contribution in [1.82, 2.24) is 0 Å². The van der Waals surface area contributed by atoms with E-state index in [9.17, 15) is 4.79 Å². The standard InChI is InChI=1S/C16H13BrO3/c17-14-6-4-12(5-7-14)16(9-20-10-16)13-3-1-2-11(8-13)15(18)19/h1-8H,9-10H2,(H,18,19). The minimum atomic E-state index is -0.905. The van der Waals surface area contributed by atoms with E-state index in [4.69, 9.17) is 9.84 Å². The van der Waals surface area contributed by atoms with Gasteiger partial charge in [0.05, 0.1) is 24.2 Å². The predicted octanol–water partition coefficient (Wildman–Crippen LogP) is 3.46.